The van der Waals surface area contributed by atoms with Gasteiger partial charge in [0.1, 0.15) is 0 Å². The van der Waals surface area contributed by atoms with Gasteiger partial charge in [-0.3, -0.25) is 9.78 Å². The Morgan fingerprint density at radius 2 is 2.21 bits per heavy atom. The summed E-state index contributed by atoms with van der Waals surface area (Å²) in [7, 11) is 0. The van der Waals surface area contributed by atoms with Gasteiger partial charge in [-0.05, 0) is 36.8 Å². The van der Waals surface area contributed by atoms with Gasteiger partial charge in [0.2, 0.25) is 5.91 Å². The molecule has 1 aliphatic rings. The summed E-state index contributed by atoms with van der Waals surface area (Å²) in [5.41, 5.74) is 1.95. The highest BCUT2D eigenvalue weighted by atomic mass is 19.1. The molecule has 0 bridgehead atoms. The number of likely N-dealkylation sites (tertiary alicyclic amines) is 1. The van der Waals surface area contributed by atoms with Crippen LogP contribution in [0.5, 0.6) is 0 Å². The molecule has 3 aromatic heterocycles. The molecule has 3 aromatic rings. The van der Waals surface area contributed by atoms with Gasteiger partial charge in [0.05, 0.1) is 18.1 Å². The highest BCUT2D eigenvalue weighted by molar-refractivity contribution is 5.88. The summed E-state index contributed by atoms with van der Waals surface area (Å²) in [5, 5.41) is 4.05. The zero-order valence-electron chi connectivity index (χ0n) is 15.6. The second kappa shape index (κ2) is 8.33. The zero-order chi connectivity index (χ0) is 19.3. The predicted molar refractivity (Wildman–Crippen MR) is 104 cm³/mol. The molecule has 0 saturated carbocycles. The average Bonchev–Trinajstić information content (AvgIpc) is 3.13. The number of aromatic amines is 1. The molecule has 7 nitrogen and oxygen atoms in total. The maximum Gasteiger partial charge on any atom is 0.255 e. The summed E-state index contributed by atoms with van der Waals surface area (Å²) in [6.45, 7) is 2.15. The highest BCUT2D eigenvalue weighted by Gasteiger charge is 2.24. The van der Waals surface area contributed by atoms with E-state index < -0.39 is 5.95 Å². The van der Waals surface area contributed by atoms with Gasteiger partial charge in [0.25, 0.3) is 5.95 Å². The van der Waals surface area contributed by atoms with Gasteiger partial charge in [-0.1, -0.05) is 0 Å². The number of nitrogens with zero attached hydrogens (tertiary/aromatic N) is 4. The van der Waals surface area contributed by atoms with Crippen molar-refractivity contribution in [2.75, 3.05) is 25.0 Å². The number of carbonyl (C=O) groups excluding carboxylic acids is 1. The van der Waals surface area contributed by atoms with Crippen LogP contribution in [0.25, 0.3) is 10.9 Å². The van der Waals surface area contributed by atoms with Gasteiger partial charge < -0.3 is 15.2 Å². The lowest BCUT2D eigenvalue weighted by molar-refractivity contribution is -0.132. The number of piperidine rings is 1. The van der Waals surface area contributed by atoms with Crippen LogP contribution in [0.1, 0.15) is 24.8 Å². The minimum atomic E-state index is -0.586. The third-order valence-electron chi connectivity index (χ3n) is 5.28. The Morgan fingerprint density at radius 1 is 1.32 bits per heavy atom. The molecule has 0 aliphatic carbocycles. The topological polar surface area (TPSA) is 86.8 Å². The summed E-state index contributed by atoms with van der Waals surface area (Å²) in [5.74, 6) is 0.143. The lowest BCUT2D eigenvalue weighted by Gasteiger charge is -2.33. The monoisotopic (exact) mass is 382 g/mol. The first-order chi connectivity index (χ1) is 13.7. The van der Waals surface area contributed by atoms with Crippen LogP contribution >= 0.6 is 0 Å². The molecule has 4 heterocycles. The molecular formula is C20H23FN6O. The van der Waals surface area contributed by atoms with E-state index in [9.17, 15) is 9.18 Å². The first kappa shape index (κ1) is 18.3. The quantitative estimate of drug-likeness (QED) is 0.685. The van der Waals surface area contributed by atoms with E-state index in [1.54, 1.807) is 12.4 Å². The van der Waals surface area contributed by atoms with Crippen molar-refractivity contribution in [2.45, 2.75) is 25.7 Å². The zero-order valence-corrected chi connectivity index (χ0v) is 15.6. The third-order valence-corrected chi connectivity index (χ3v) is 5.28. The van der Waals surface area contributed by atoms with Crippen LogP contribution in [0.3, 0.4) is 0 Å². The number of pyridine rings is 1. The summed E-state index contributed by atoms with van der Waals surface area (Å²) >= 11 is 0. The lowest BCUT2D eigenvalue weighted by atomic mass is 9.94. The number of nitrogens with one attached hydrogen (secondary N) is 2. The molecule has 8 heteroatoms. The number of hydrogen-bond acceptors (Lipinski definition) is 5. The van der Waals surface area contributed by atoms with Crippen molar-refractivity contribution in [3.05, 3.63) is 48.6 Å². The van der Waals surface area contributed by atoms with Crippen molar-refractivity contribution < 1.29 is 9.18 Å². The Labute approximate surface area is 162 Å². The molecule has 0 radical (unpaired) electrons. The second-order valence-corrected chi connectivity index (χ2v) is 7.17. The van der Waals surface area contributed by atoms with Crippen molar-refractivity contribution >= 4 is 22.6 Å². The van der Waals surface area contributed by atoms with E-state index in [2.05, 4.69) is 25.3 Å². The first-order valence-corrected chi connectivity index (χ1v) is 9.59. The normalized spacial score (nSPS) is 17.0. The molecule has 1 fully saturated rings. The minimum Gasteiger partial charge on any atom is -0.366 e. The molecule has 0 spiro atoms. The minimum absolute atomic E-state index is 0.148. The van der Waals surface area contributed by atoms with Crippen LogP contribution in [0.15, 0.2) is 37.1 Å². The van der Waals surface area contributed by atoms with Gasteiger partial charge in [0, 0.05) is 49.8 Å². The van der Waals surface area contributed by atoms with Crippen molar-refractivity contribution in [1.29, 1.82) is 0 Å². The SMILES string of the molecule is O=C(Cc1c[nH]c2cnccc12)N1CCCC(CCNc2nccnc2F)C1. The number of H-pyrrole nitrogens is 1. The van der Waals surface area contributed by atoms with Crippen LogP contribution in [0.2, 0.25) is 0 Å². The molecule has 1 unspecified atom stereocenters. The number of anilines is 1. The van der Waals surface area contributed by atoms with Crippen LogP contribution in [-0.2, 0) is 11.2 Å². The van der Waals surface area contributed by atoms with Crippen LogP contribution in [0.4, 0.5) is 10.2 Å². The molecule has 1 aliphatic heterocycles. The Hall–Kier alpha value is -3.03. The maximum atomic E-state index is 13.5. The van der Waals surface area contributed by atoms with Gasteiger partial charge in [-0.25, -0.2) is 9.97 Å². The summed E-state index contributed by atoms with van der Waals surface area (Å²) in [6.07, 6.45) is 11.5. The molecule has 1 saturated heterocycles. The van der Waals surface area contributed by atoms with Crippen molar-refractivity contribution in [3.63, 3.8) is 0 Å². The molecule has 0 aromatic carbocycles. The fourth-order valence-electron chi connectivity index (χ4n) is 3.81. The Kier molecular flexibility index (Phi) is 5.45. The molecular weight excluding hydrogens is 359 g/mol. The Balaban J connectivity index is 1.30. The van der Waals surface area contributed by atoms with E-state index in [1.807, 2.05) is 17.2 Å². The molecule has 2 N–H and O–H groups in total. The predicted octanol–water partition coefficient (Wildman–Crippen LogP) is 2.78. The van der Waals surface area contributed by atoms with Gasteiger partial charge >= 0.3 is 0 Å². The van der Waals surface area contributed by atoms with Gasteiger partial charge in [-0.15, -0.1) is 0 Å². The summed E-state index contributed by atoms with van der Waals surface area (Å²) in [6, 6.07) is 1.94. The van der Waals surface area contributed by atoms with E-state index in [1.165, 1.54) is 12.4 Å². The fraction of sp³-hybridized carbons (Fsp3) is 0.400. The number of amides is 1. The average molecular weight is 382 g/mol. The molecule has 1 amide bonds. The highest BCUT2D eigenvalue weighted by Crippen LogP contribution is 2.22. The fourth-order valence-corrected chi connectivity index (χ4v) is 3.81. The van der Waals surface area contributed by atoms with E-state index >= 15 is 0 Å². The van der Waals surface area contributed by atoms with Crippen LogP contribution in [0, 0.1) is 11.9 Å². The summed E-state index contributed by atoms with van der Waals surface area (Å²) < 4.78 is 13.5. The van der Waals surface area contributed by atoms with E-state index in [0.29, 0.717) is 18.9 Å². The van der Waals surface area contributed by atoms with Crippen LogP contribution in [-0.4, -0.2) is 50.4 Å². The van der Waals surface area contributed by atoms with Gasteiger partial charge in [0.15, 0.2) is 5.82 Å². The number of rotatable bonds is 6. The van der Waals surface area contributed by atoms with Crippen molar-refractivity contribution in [1.82, 2.24) is 24.8 Å². The van der Waals surface area contributed by atoms with E-state index in [4.69, 9.17) is 0 Å². The molecule has 28 heavy (non-hydrogen) atoms. The molecule has 146 valence electrons. The largest absolute Gasteiger partial charge is 0.366 e. The van der Waals surface area contributed by atoms with Gasteiger partial charge in [-0.2, -0.15) is 4.39 Å². The summed E-state index contributed by atoms with van der Waals surface area (Å²) in [4.78, 5) is 29.6. The Morgan fingerprint density at radius 3 is 3.11 bits per heavy atom. The maximum absolute atomic E-state index is 13.5. The number of hydrogen-bond donors (Lipinski definition) is 2. The van der Waals surface area contributed by atoms with Crippen molar-refractivity contribution in [2.24, 2.45) is 5.92 Å². The third kappa shape index (κ3) is 4.11. The standard InChI is InChI=1S/C20H23FN6O/c21-19-20(25-8-7-23-19)24-6-3-14-2-1-9-27(13-14)18(28)10-15-11-26-17-12-22-5-4-16(15)17/h4-5,7-8,11-12,14,26H,1-3,6,9-10,13H2,(H,24,25). The molecule has 1 atom stereocenters. The smallest absolute Gasteiger partial charge is 0.255 e. The Bertz CT molecular complexity index is 959. The number of carbonyl (C=O) groups is 1. The second-order valence-electron chi connectivity index (χ2n) is 7.17. The van der Waals surface area contributed by atoms with E-state index in [0.717, 1.165) is 48.8 Å². The van der Waals surface area contributed by atoms with E-state index in [-0.39, 0.29) is 11.7 Å². The number of aromatic nitrogens is 4. The molecule has 4 rings (SSSR count). The number of halogens is 1. The van der Waals surface area contributed by atoms with Crippen LogP contribution < -0.4 is 5.32 Å². The lowest BCUT2D eigenvalue weighted by Crippen LogP contribution is -2.41. The number of fused-ring (bicyclic) bond motifs is 1. The first-order valence-electron chi connectivity index (χ1n) is 9.59. The van der Waals surface area contributed by atoms with Crippen molar-refractivity contribution in [3.8, 4) is 0 Å².